The Hall–Kier alpha value is -0.710. The van der Waals surface area contributed by atoms with Gasteiger partial charge in [-0.1, -0.05) is 0 Å². The molecule has 2 rings (SSSR count). The van der Waals surface area contributed by atoms with Crippen LogP contribution in [0.3, 0.4) is 0 Å². The molecular weight excluding hydrogens is 296 g/mol. The summed E-state index contributed by atoms with van der Waals surface area (Å²) in [6, 6.07) is 8.85. The normalized spacial score (nSPS) is 12.6. The molecule has 2 aromatic rings. The Balaban J connectivity index is 2.16. The van der Waals surface area contributed by atoms with Crippen molar-refractivity contribution in [3.8, 4) is 0 Å². The molecule has 4 heteroatoms. The molecule has 0 saturated heterocycles. The highest BCUT2D eigenvalue weighted by molar-refractivity contribution is 9.11. The zero-order valence-electron chi connectivity index (χ0n) is 9.90. The Kier molecular flexibility index (Phi) is 4.31. The lowest BCUT2D eigenvalue weighted by atomic mass is 10.0. The van der Waals surface area contributed by atoms with Crippen LogP contribution in [0.5, 0.6) is 0 Å². The molecule has 0 aliphatic rings. The Bertz CT molecular complexity index is 496. The van der Waals surface area contributed by atoms with Crippen LogP contribution in [0, 0.1) is 6.92 Å². The highest BCUT2D eigenvalue weighted by Gasteiger charge is 2.11. The fourth-order valence-electron chi connectivity index (χ4n) is 1.83. The van der Waals surface area contributed by atoms with Crippen LogP contribution in [0.2, 0.25) is 0 Å². The van der Waals surface area contributed by atoms with Crippen molar-refractivity contribution in [2.75, 3.05) is 7.05 Å². The summed E-state index contributed by atoms with van der Waals surface area (Å²) in [6.45, 7) is 2.03. The van der Waals surface area contributed by atoms with Gasteiger partial charge in [-0.2, -0.15) is 0 Å². The minimum atomic E-state index is 0.349. The van der Waals surface area contributed by atoms with Gasteiger partial charge < -0.3 is 5.32 Å². The molecule has 0 aromatic carbocycles. The fourth-order valence-corrected chi connectivity index (χ4v) is 3.36. The van der Waals surface area contributed by atoms with Gasteiger partial charge in [0.25, 0.3) is 0 Å². The van der Waals surface area contributed by atoms with Crippen molar-refractivity contribution >= 4 is 27.3 Å². The standard InChI is InChI=1S/C13H15BrN2S/c1-9-7-10(5-6-16-9)12(15-2)8-11-3-4-13(14)17-11/h3-7,12,15H,8H2,1-2H3. The van der Waals surface area contributed by atoms with E-state index in [1.807, 2.05) is 20.2 Å². The van der Waals surface area contributed by atoms with Crippen molar-refractivity contribution in [2.24, 2.45) is 0 Å². The summed E-state index contributed by atoms with van der Waals surface area (Å²) in [4.78, 5) is 5.62. The Morgan fingerprint density at radius 2 is 2.24 bits per heavy atom. The zero-order valence-corrected chi connectivity index (χ0v) is 12.3. The van der Waals surface area contributed by atoms with E-state index in [4.69, 9.17) is 0 Å². The van der Waals surface area contributed by atoms with E-state index in [0.29, 0.717) is 6.04 Å². The molecule has 0 bridgehead atoms. The molecule has 17 heavy (non-hydrogen) atoms. The maximum atomic E-state index is 4.24. The van der Waals surface area contributed by atoms with Gasteiger partial charge in [0.1, 0.15) is 0 Å². The highest BCUT2D eigenvalue weighted by Crippen LogP contribution is 2.26. The van der Waals surface area contributed by atoms with E-state index in [1.165, 1.54) is 14.2 Å². The second-order valence-corrected chi connectivity index (χ2v) is 6.53. The summed E-state index contributed by atoms with van der Waals surface area (Å²) >= 11 is 5.29. The van der Waals surface area contributed by atoms with Crippen LogP contribution >= 0.6 is 27.3 Å². The zero-order chi connectivity index (χ0) is 12.3. The molecule has 1 atom stereocenters. The molecule has 0 spiro atoms. The van der Waals surface area contributed by atoms with E-state index in [2.05, 4.69) is 50.5 Å². The van der Waals surface area contributed by atoms with Gasteiger partial charge in [0.05, 0.1) is 3.79 Å². The SMILES string of the molecule is CNC(Cc1ccc(Br)s1)c1ccnc(C)c1. The third-order valence-electron chi connectivity index (χ3n) is 2.71. The lowest BCUT2D eigenvalue weighted by molar-refractivity contribution is 0.595. The van der Waals surface area contributed by atoms with Gasteiger partial charge in [-0.25, -0.2) is 0 Å². The van der Waals surface area contributed by atoms with Gasteiger partial charge in [0.15, 0.2) is 0 Å². The Labute approximate surface area is 114 Å². The van der Waals surface area contributed by atoms with Crippen LogP contribution in [-0.4, -0.2) is 12.0 Å². The van der Waals surface area contributed by atoms with Crippen LogP contribution in [0.4, 0.5) is 0 Å². The number of rotatable bonds is 4. The average Bonchev–Trinajstić information content (AvgIpc) is 2.72. The van der Waals surface area contributed by atoms with Crippen molar-refractivity contribution in [1.82, 2.24) is 10.3 Å². The minimum absolute atomic E-state index is 0.349. The number of likely N-dealkylation sites (N-methyl/N-ethyl adjacent to an activating group) is 1. The van der Waals surface area contributed by atoms with Gasteiger partial charge in [0.2, 0.25) is 0 Å². The van der Waals surface area contributed by atoms with Crippen molar-refractivity contribution in [2.45, 2.75) is 19.4 Å². The van der Waals surface area contributed by atoms with Gasteiger partial charge in [-0.3, -0.25) is 4.98 Å². The topological polar surface area (TPSA) is 24.9 Å². The number of thiophene rings is 1. The molecule has 0 saturated carbocycles. The summed E-state index contributed by atoms with van der Waals surface area (Å²) in [6.07, 6.45) is 2.88. The average molecular weight is 311 g/mol. The van der Waals surface area contributed by atoms with Gasteiger partial charge in [-0.05, 0) is 59.7 Å². The predicted octanol–water partition coefficient (Wildman–Crippen LogP) is 3.72. The summed E-state index contributed by atoms with van der Waals surface area (Å²) in [7, 11) is 2.00. The second-order valence-electron chi connectivity index (χ2n) is 3.98. The predicted molar refractivity (Wildman–Crippen MR) is 76.5 cm³/mol. The summed E-state index contributed by atoms with van der Waals surface area (Å²) in [5, 5.41) is 3.37. The van der Waals surface area contributed by atoms with Gasteiger partial charge in [0, 0.05) is 29.2 Å². The Morgan fingerprint density at radius 3 is 2.82 bits per heavy atom. The number of halogens is 1. The first kappa shape index (κ1) is 12.7. The Morgan fingerprint density at radius 1 is 1.41 bits per heavy atom. The van der Waals surface area contributed by atoms with Crippen LogP contribution in [0.1, 0.15) is 22.2 Å². The van der Waals surface area contributed by atoms with E-state index in [-0.39, 0.29) is 0 Å². The van der Waals surface area contributed by atoms with Crippen LogP contribution in [-0.2, 0) is 6.42 Å². The third kappa shape index (κ3) is 3.37. The molecule has 2 nitrogen and oxygen atoms in total. The largest absolute Gasteiger partial charge is 0.313 e. The number of aryl methyl sites for hydroxylation is 1. The summed E-state index contributed by atoms with van der Waals surface area (Å²) in [5.74, 6) is 0. The molecule has 2 aromatic heterocycles. The van der Waals surface area contributed by atoms with Gasteiger partial charge >= 0.3 is 0 Å². The quantitative estimate of drug-likeness (QED) is 0.931. The molecule has 90 valence electrons. The molecule has 0 radical (unpaired) electrons. The number of hydrogen-bond donors (Lipinski definition) is 1. The third-order valence-corrected chi connectivity index (χ3v) is 4.35. The smallest absolute Gasteiger partial charge is 0.0701 e. The molecule has 0 aliphatic carbocycles. The van der Waals surface area contributed by atoms with E-state index in [1.54, 1.807) is 11.3 Å². The van der Waals surface area contributed by atoms with Gasteiger partial charge in [-0.15, -0.1) is 11.3 Å². The number of nitrogens with one attached hydrogen (secondary N) is 1. The van der Waals surface area contributed by atoms with Crippen molar-refractivity contribution < 1.29 is 0 Å². The maximum absolute atomic E-state index is 4.24. The van der Waals surface area contributed by atoms with E-state index < -0.39 is 0 Å². The first-order valence-corrected chi connectivity index (χ1v) is 7.14. The highest BCUT2D eigenvalue weighted by atomic mass is 79.9. The molecular formula is C13H15BrN2S. The lowest BCUT2D eigenvalue weighted by Crippen LogP contribution is -2.18. The van der Waals surface area contributed by atoms with Crippen molar-refractivity contribution in [3.05, 3.63) is 50.4 Å². The lowest BCUT2D eigenvalue weighted by Gasteiger charge is -2.16. The number of hydrogen-bond acceptors (Lipinski definition) is 3. The first-order valence-electron chi connectivity index (χ1n) is 5.53. The second kappa shape index (κ2) is 5.76. The van der Waals surface area contributed by atoms with E-state index in [9.17, 15) is 0 Å². The van der Waals surface area contributed by atoms with Crippen LogP contribution < -0.4 is 5.32 Å². The summed E-state index contributed by atoms with van der Waals surface area (Å²) < 4.78 is 1.19. The van der Waals surface area contributed by atoms with E-state index in [0.717, 1.165) is 12.1 Å². The number of aromatic nitrogens is 1. The first-order chi connectivity index (χ1) is 8.19. The molecule has 2 heterocycles. The minimum Gasteiger partial charge on any atom is -0.313 e. The number of nitrogens with zero attached hydrogens (tertiary/aromatic N) is 1. The monoisotopic (exact) mass is 310 g/mol. The van der Waals surface area contributed by atoms with Crippen molar-refractivity contribution in [3.63, 3.8) is 0 Å². The summed E-state index contributed by atoms with van der Waals surface area (Å²) in [5.41, 5.74) is 2.36. The number of pyridine rings is 1. The van der Waals surface area contributed by atoms with Crippen LogP contribution in [0.15, 0.2) is 34.2 Å². The maximum Gasteiger partial charge on any atom is 0.0701 e. The molecule has 0 amide bonds. The van der Waals surface area contributed by atoms with E-state index >= 15 is 0 Å². The molecule has 0 fully saturated rings. The molecule has 1 N–H and O–H groups in total. The van der Waals surface area contributed by atoms with Crippen molar-refractivity contribution in [1.29, 1.82) is 0 Å². The molecule has 1 unspecified atom stereocenters. The fraction of sp³-hybridized carbons (Fsp3) is 0.308. The molecule has 0 aliphatic heterocycles. The van der Waals surface area contributed by atoms with Crippen LogP contribution in [0.25, 0.3) is 0 Å².